The van der Waals surface area contributed by atoms with Crippen LogP contribution < -0.4 is 30.6 Å². The molecular formula is C64H77N7O10S. The summed E-state index contributed by atoms with van der Waals surface area (Å²) in [6, 6.07) is 25.7. The van der Waals surface area contributed by atoms with E-state index in [1.165, 1.54) is 16.2 Å². The van der Waals surface area contributed by atoms with Crippen molar-refractivity contribution in [3.05, 3.63) is 151 Å². The second-order valence-electron chi connectivity index (χ2n) is 21.9. The molecule has 3 aliphatic heterocycles. The number of amides is 4. The normalized spacial score (nSPS) is 16.6. The quantitative estimate of drug-likeness (QED) is 0.0420. The number of hydrogen-bond acceptors (Lipinski definition) is 13. The molecule has 0 aliphatic carbocycles. The number of hydrogen-bond donors (Lipinski definition) is 4. The molecule has 9 rings (SSSR count). The second kappa shape index (κ2) is 27.1. The molecule has 82 heavy (non-hydrogen) atoms. The molecule has 0 spiro atoms. The van der Waals surface area contributed by atoms with Gasteiger partial charge in [0.15, 0.2) is 0 Å². The first-order valence-electron chi connectivity index (χ1n) is 28.7. The number of rotatable bonds is 24. The van der Waals surface area contributed by atoms with Crippen LogP contribution in [0.5, 0.6) is 11.5 Å². The van der Waals surface area contributed by atoms with Crippen molar-refractivity contribution >= 4 is 40.7 Å². The molecule has 4 N–H and O–H groups in total. The minimum Gasteiger partial charge on any atom is -0.494 e. The van der Waals surface area contributed by atoms with Crippen LogP contribution in [0.1, 0.15) is 113 Å². The van der Waals surface area contributed by atoms with E-state index in [0.29, 0.717) is 62.0 Å². The third kappa shape index (κ3) is 13.7. The van der Waals surface area contributed by atoms with Crippen LogP contribution in [-0.4, -0.2) is 125 Å². The Kier molecular flexibility index (Phi) is 19.6. The van der Waals surface area contributed by atoms with Crippen LogP contribution in [0.3, 0.4) is 0 Å². The number of nitrogens with zero attached hydrogens (tertiary/aromatic N) is 4. The van der Waals surface area contributed by atoms with Gasteiger partial charge in [0.2, 0.25) is 11.8 Å². The zero-order valence-corrected chi connectivity index (χ0v) is 49.0. The van der Waals surface area contributed by atoms with Crippen molar-refractivity contribution in [2.24, 2.45) is 5.92 Å². The third-order valence-electron chi connectivity index (χ3n) is 15.9. The maximum absolute atomic E-state index is 14.3. The van der Waals surface area contributed by atoms with Crippen LogP contribution in [0.15, 0.2) is 95.2 Å². The number of likely N-dealkylation sites (tertiary alicyclic amines) is 1. The lowest BCUT2D eigenvalue weighted by Crippen LogP contribution is -2.55. The molecule has 3 atom stereocenters. The highest BCUT2D eigenvalue weighted by atomic mass is 32.1. The van der Waals surface area contributed by atoms with E-state index in [1.807, 2.05) is 114 Å². The van der Waals surface area contributed by atoms with E-state index in [2.05, 4.69) is 38.5 Å². The van der Waals surface area contributed by atoms with Gasteiger partial charge in [-0.3, -0.25) is 24.0 Å². The Morgan fingerprint density at radius 2 is 1.62 bits per heavy atom. The van der Waals surface area contributed by atoms with Crippen LogP contribution >= 0.6 is 11.3 Å². The lowest BCUT2D eigenvalue weighted by Gasteiger charge is -2.37. The molecule has 0 unspecified atom stereocenters. The highest BCUT2D eigenvalue weighted by Crippen LogP contribution is 2.36. The summed E-state index contributed by atoms with van der Waals surface area (Å²) in [7, 11) is 0. The number of H-pyrrole nitrogens is 1. The number of carbonyl (C=O) groups is 4. The molecular weight excluding hydrogens is 1060 g/mol. The fraction of sp³-hybridized carbons (Fsp3) is 0.438. The number of nitrogens with one attached hydrogen (secondary N) is 3. The summed E-state index contributed by atoms with van der Waals surface area (Å²) < 4.78 is 24.2. The Labute approximate surface area is 484 Å². The summed E-state index contributed by atoms with van der Waals surface area (Å²) in [5.41, 5.74) is 12.0. The molecule has 2 aromatic heterocycles. The molecule has 4 amide bonds. The number of aryl methyl sites for hydroxylation is 3. The molecule has 18 heteroatoms. The molecule has 6 aromatic rings. The van der Waals surface area contributed by atoms with E-state index in [0.717, 1.165) is 98.9 Å². The van der Waals surface area contributed by atoms with Crippen LogP contribution in [0.25, 0.3) is 21.6 Å². The van der Waals surface area contributed by atoms with Gasteiger partial charge in [0.1, 0.15) is 30.2 Å². The molecule has 2 saturated heterocycles. The first-order chi connectivity index (χ1) is 39.6. The fourth-order valence-corrected chi connectivity index (χ4v) is 12.4. The maximum atomic E-state index is 14.3. The van der Waals surface area contributed by atoms with Gasteiger partial charge in [-0.25, -0.2) is 4.98 Å². The topological polar surface area (TPSA) is 205 Å². The molecule has 3 aliphatic rings. The SMILES string of the molecule is CCN(c1cc(-c2ccc(OCCCCOCCOc3cc(-c4scnc4C)ccc3CNC(=O)[C@@H]3C[C@@H](O)CN3C(=O)[C@H](C(C)C)N3Cc4ccccc4C3=O)cc2)cc(C(=O)NCc2c(C)cc(C)[nH]c2=O)c1C)C1CCOCC1. The van der Waals surface area contributed by atoms with Crippen molar-refractivity contribution in [3.63, 3.8) is 0 Å². The Balaban J connectivity index is 0.771. The van der Waals surface area contributed by atoms with E-state index in [9.17, 15) is 29.1 Å². The van der Waals surface area contributed by atoms with Crippen LogP contribution in [0.2, 0.25) is 0 Å². The fourth-order valence-electron chi connectivity index (χ4n) is 11.6. The number of benzene rings is 4. The number of fused-ring (bicyclic) bond motifs is 1. The number of aromatic amines is 1. The molecule has 434 valence electrons. The number of aromatic nitrogens is 2. The molecule has 0 radical (unpaired) electrons. The average Bonchev–Trinajstić information content (AvgIpc) is 4.00. The number of carbonyl (C=O) groups excluding carboxylic acids is 4. The number of anilines is 1. The Bertz CT molecular complexity index is 3300. The van der Waals surface area contributed by atoms with Gasteiger partial charge in [0.05, 0.1) is 35.4 Å². The van der Waals surface area contributed by atoms with E-state index in [1.54, 1.807) is 16.5 Å². The number of aliphatic hydroxyl groups excluding tert-OH is 1. The van der Waals surface area contributed by atoms with Gasteiger partial charge in [-0.15, -0.1) is 11.3 Å². The van der Waals surface area contributed by atoms with Crippen LogP contribution in [0.4, 0.5) is 5.69 Å². The predicted molar refractivity (Wildman–Crippen MR) is 317 cm³/mol. The summed E-state index contributed by atoms with van der Waals surface area (Å²) in [5, 5.41) is 16.9. The van der Waals surface area contributed by atoms with E-state index >= 15 is 0 Å². The molecule has 4 aromatic carbocycles. The Morgan fingerprint density at radius 1 is 0.866 bits per heavy atom. The zero-order chi connectivity index (χ0) is 58.0. The minimum absolute atomic E-state index is 0.00590. The second-order valence-corrected chi connectivity index (χ2v) is 22.8. The first-order valence-corrected chi connectivity index (χ1v) is 29.6. The van der Waals surface area contributed by atoms with E-state index in [-0.39, 0.29) is 67.9 Å². The average molecular weight is 1140 g/mol. The van der Waals surface area contributed by atoms with Gasteiger partial charge in [0.25, 0.3) is 17.4 Å². The molecule has 17 nitrogen and oxygen atoms in total. The van der Waals surface area contributed by atoms with Crippen molar-refractivity contribution in [2.75, 3.05) is 57.6 Å². The zero-order valence-electron chi connectivity index (χ0n) is 48.2. The minimum atomic E-state index is -0.919. The highest BCUT2D eigenvalue weighted by molar-refractivity contribution is 7.13. The van der Waals surface area contributed by atoms with Crippen LogP contribution in [0, 0.1) is 33.6 Å². The molecule has 0 bridgehead atoms. The van der Waals surface area contributed by atoms with Gasteiger partial charge in [-0.2, -0.15) is 0 Å². The summed E-state index contributed by atoms with van der Waals surface area (Å²) >= 11 is 1.53. The van der Waals surface area contributed by atoms with Gasteiger partial charge in [-0.05, 0) is 142 Å². The summed E-state index contributed by atoms with van der Waals surface area (Å²) in [4.78, 5) is 82.4. The van der Waals surface area contributed by atoms with Crippen LogP contribution in [-0.2, 0) is 38.7 Å². The molecule has 2 fully saturated rings. The summed E-state index contributed by atoms with van der Waals surface area (Å²) in [6.07, 6.45) is 2.53. The van der Waals surface area contributed by atoms with Crippen molar-refractivity contribution in [3.8, 4) is 33.1 Å². The van der Waals surface area contributed by atoms with E-state index < -0.39 is 24.1 Å². The van der Waals surface area contributed by atoms with Gasteiger partial charge < -0.3 is 54.4 Å². The number of β-amino-alcohol motifs (C(OH)–C–C–N with tert-alkyl or cyclic N) is 1. The van der Waals surface area contributed by atoms with Crippen molar-refractivity contribution in [1.29, 1.82) is 0 Å². The van der Waals surface area contributed by atoms with Gasteiger partial charge in [-0.1, -0.05) is 56.3 Å². The Hall–Kier alpha value is -7.38. The predicted octanol–water partition coefficient (Wildman–Crippen LogP) is 8.85. The molecule has 5 heterocycles. The van der Waals surface area contributed by atoms with Crippen molar-refractivity contribution < 1.29 is 43.2 Å². The number of ether oxygens (including phenoxy) is 4. The standard InChI is InChI=1S/C64H77N7O10S/c1-8-69(49-21-25-79-26-22-49)55-31-48(30-53(42(55)6)60(73)66-35-54-40(4)29-41(5)68-61(54)74)44-17-19-51(20-18-44)80-24-12-11-23-78-27-28-81-57-32-45(59-43(7)67-38-82-59)15-16-46(57)34-65-62(75)56-33-50(72)37-70(56)64(77)58(39(2)3)71-36-47-13-9-10-14-52(47)63(71)76/h9-10,13-20,29-32,38-39,49-50,56,58,72H,8,11-12,21-28,33-37H2,1-7H3,(H,65,75)(H,66,73)(H,68,74)/t50-,56+,58+/m1/s1. The summed E-state index contributed by atoms with van der Waals surface area (Å²) in [5.74, 6) is -0.138. The number of aliphatic hydroxyl groups is 1. The number of unbranched alkanes of at least 4 members (excludes halogenated alkanes) is 1. The maximum Gasteiger partial charge on any atom is 0.255 e. The van der Waals surface area contributed by atoms with Crippen molar-refractivity contribution in [2.45, 2.75) is 124 Å². The lowest BCUT2D eigenvalue weighted by molar-refractivity contribution is -0.143. The highest BCUT2D eigenvalue weighted by Gasteiger charge is 2.46. The smallest absolute Gasteiger partial charge is 0.255 e. The number of thiazole rings is 1. The van der Waals surface area contributed by atoms with Crippen molar-refractivity contribution in [1.82, 2.24) is 30.4 Å². The Morgan fingerprint density at radius 3 is 2.34 bits per heavy atom. The van der Waals surface area contributed by atoms with Gasteiger partial charge >= 0.3 is 0 Å². The van der Waals surface area contributed by atoms with E-state index in [4.69, 9.17) is 18.9 Å². The van der Waals surface area contributed by atoms with Gasteiger partial charge in [0, 0.05) is 98.6 Å². The monoisotopic (exact) mass is 1140 g/mol. The first kappa shape index (κ1) is 59.2. The third-order valence-corrected chi connectivity index (χ3v) is 16.9. The number of pyridine rings is 1. The molecule has 0 saturated carbocycles. The largest absolute Gasteiger partial charge is 0.494 e. The lowest BCUT2D eigenvalue weighted by atomic mass is 9.95. The summed E-state index contributed by atoms with van der Waals surface area (Å²) in [6.45, 7) is 17.9.